The van der Waals surface area contributed by atoms with Crippen LogP contribution in [0.5, 0.6) is 0 Å². The van der Waals surface area contributed by atoms with Crippen molar-refractivity contribution in [1.29, 1.82) is 0 Å². The summed E-state index contributed by atoms with van der Waals surface area (Å²) in [7, 11) is 0. The second kappa shape index (κ2) is 9.54. The fourth-order valence-corrected chi connectivity index (χ4v) is 5.87. The van der Waals surface area contributed by atoms with Crippen LogP contribution >= 0.6 is 0 Å². The molecule has 8 aromatic rings. The van der Waals surface area contributed by atoms with Crippen molar-refractivity contribution in [2.75, 3.05) is 0 Å². The van der Waals surface area contributed by atoms with Gasteiger partial charge in [0.15, 0.2) is 0 Å². The van der Waals surface area contributed by atoms with Crippen LogP contribution in [0.1, 0.15) is 0 Å². The van der Waals surface area contributed by atoms with Crippen LogP contribution in [-0.2, 0) is 0 Å². The van der Waals surface area contributed by atoms with Gasteiger partial charge in [-0.15, -0.1) is 10.2 Å². The van der Waals surface area contributed by atoms with E-state index in [4.69, 9.17) is 10.2 Å². The first kappa shape index (κ1) is 23.3. The zero-order chi connectivity index (χ0) is 27.2. The average Bonchev–Trinajstić information content (AvgIpc) is 3.48. The molecule has 4 nitrogen and oxygen atoms in total. The van der Waals surface area contributed by atoms with E-state index in [0.717, 1.165) is 33.4 Å². The van der Waals surface area contributed by atoms with Crippen LogP contribution in [0.3, 0.4) is 0 Å². The topological polar surface area (TPSA) is 43.6 Å². The highest BCUT2D eigenvalue weighted by molar-refractivity contribution is 6.21. The first-order valence-corrected chi connectivity index (χ1v) is 13.7. The Kier molecular flexibility index (Phi) is 5.42. The Morgan fingerprint density at radius 2 is 0.902 bits per heavy atom. The average molecular weight is 525 g/mol. The zero-order valence-electron chi connectivity index (χ0n) is 22.1. The number of nitrogens with zero attached hydrogens (tertiary/aromatic N) is 4. The fourth-order valence-electron chi connectivity index (χ4n) is 5.87. The maximum Gasteiger partial charge on any atom is 0.114 e. The molecular weight excluding hydrogens is 500 g/mol. The molecule has 0 aliphatic heterocycles. The lowest BCUT2D eigenvalue weighted by molar-refractivity contribution is 0.766. The molecule has 0 aliphatic rings. The summed E-state index contributed by atoms with van der Waals surface area (Å²) in [4.78, 5) is 5.85. The number of benzene rings is 6. The summed E-state index contributed by atoms with van der Waals surface area (Å²) in [5.41, 5.74) is 9.75. The minimum Gasteiger partial charge on any atom is -0.265 e. The van der Waals surface area contributed by atoms with Crippen LogP contribution < -0.4 is 0 Å². The van der Waals surface area contributed by atoms with Crippen molar-refractivity contribution < 1.29 is 0 Å². The Labute approximate surface area is 237 Å². The van der Waals surface area contributed by atoms with Gasteiger partial charge in [0.2, 0.25) is 0 Å². The Balaban J connectivity index is 1.25. The highest BCUT2D eigenvalue weighted by Gasteiger charge is 2.16. The van der Waals surface area contributed by atoms with Crippen molar-refractivity contribution >= 4 is 32.6 Å². The van der Waals surface area contributed by atoms with Crippen molar-refractivity contribution in [3.05, 3.63) is 146 Å². The molecule has 0 spiro atoms. The van der Waals surface area contributed by atoms with Crippen molar-refractivity contribution in [3.8, 4) is 39.1 Å². The smallest absolute Gasteiger partial charge is 0.114 e. The molecule has 8 rings (SSSR count). The minimum absolute atomic E-state index is 0.858. The molecule has 0 saturated heterocycles. The summed E-state index contributed by atoms with van der Waals surface area (Å²) < 4.78 is 0. The highest BCUT2D eigenvalue weighted by atomic mass is 15.5. The molecule has 4 heteroatoms. The van der Waals surface area contributed by atoms with Gasteiger partial charge in [-0.25, -0.2) is 0 Å². The largest absolute Gasteiger partial charge is 0.265 e. The number of hydrogen-bond acceptors (Lipinski definition) is 3. The predicted molar refractivity (Wildman–Crippen MR) is 168 cm³/mol. The third-order valence-corrected chi connectivity index (χ3v) is 7.77. The third kappa shape index (κ3) is 3.97. The van der Waals surface area contributed by atoms with Crippen LogP contribution in [-0.4, -0.2) is 20.0 Å². The molecule has 0 aliphatic carbocycles. The fraction of sp³-hybridized carbons (Fsp3) is 0. The second-order valence-corrected chi connectivity index (χ2v) is 10.2. The van der Waals surface area contributed by atoms with Gasteiger partial charge in [-0.2, -0.15) is 4.80 Å². The second-order valence-electron chi connectivity index (χ2n) is 10.2. The van der Waals surface area contributed by atoms with Gasteiger partial charge in [0, 0.05) is 12.4 Å². The summed E-state index contributed by atoms with van der Waals surface area (Å²) in [6.45, 7) is 0. The first-order chi connectivity index (χ1) is 20.3. The molecule has 0 amide bonds. The van der Waals surface area contributed by atoms with Gasteiger partial charge in [0.1, 0.15) is 11.0 Å². The molecule has 0 unspecified atom stereocenters. The lowest BCUT2D eigenvalue weighted by Gasteiger charge is -2.17. The summed E-state index contributed by atoms with van der Waals surface area (Å²) in [5, 5.41) is 14.5. The molecule has 192 valence electrons. The van der Waals surface area contributed by atoms with Crippen molar-refractivity contribution in [1.82, 2.24) is 20.0 Å². The molecule has 0 radical (unpaired) electrons. The monoisotopic (exact) mass is 524 g/mol. The number of pyridine rings is 1. The number of rotatable bonds is 4. The lowest BCUT2D eigenvalue weighted by atomic mass is 9.86. The molecule has 41 heavy (non-hydrogen) atoms. The first-order valence-electron chi connectivity index (χ1n) is 13.7. The Morgan fingerprint density at radius 3 is 1.51 bits per heavy atom. The number of fused-ring (bicyclic) bond motifs is 3. The molecule has 2 aromatic heterocycles. The zero-order valence-corrected chi connectivity index (χ0v) is 22.1. The van der Waals surface area contributed by atoms with Gasteiger partial charge in [-0.3, -0.25) is 4.98 Å². The van der Waals surface area contributed by atoms with E-state index in [9.17, 15) is 0 Å². The quantitative estimate of drug-likeness (QED) is 0.216. The molecular formula is C37H24N4. The maximum atomic E-state index is 4.81. The third-order valence-electron chi connectivity index (χ3n) is 7.77. The van der Waals surface area contributed by atoms with Gasteiger partial charge in [0.05, 0.1) is 5.69 Å². The Morgan fingerprint density at radius 1 is 0.390 bits per heavy atom. The maximum absolute atomic E-state index is 4.81. The van der Waals surface area contributed by atoms with Gasteiger partial charge in [-0.05, 0) is 91.3 Å². The van der Waals surface area contributed by atoms with E-state index in [1.165, 1.54) is 38.2 Å². The number of aromatic nitrogens is 4. The Hall–Kier alpha value is -5.61. The van der Waals surface area contributed by atoms with E-state index in [-0.39, 0.29) is 0 Å². The van der Waals surface area contributed by atoms with E-state index in [0.29, 0.717) is 0 Å². The van der Waals surface area contributed by atoms with Crippen LogP contribution in [0.15, 0.2) is 146 Å². The van der Waals surface area contributed by atoms with E-state index >= 15 is 0 Å². The Bertz CT molecular complexity index is 2120. The van der Waals surface area contributed by atoms with E-state index in [1.54, 1.807) is 17.2 Å². The minimum atomic E-state index is 0.858. The van der Waals surface area contributed by atoms with Gasteiger partial charge in [-0.1, -0.05) is 97.1 Å². The van der Waals surface area contributed by atoms with Crippen molar-refractivity contribution in [3.63, 3.8) is 0 Å². The normalized spacial score (nSPS) is 11.4. The van der Waals surface area contributed by atoms with E-state index in [1.807, 2.05) is 18.2 Å². The van der Waals surface area contributed by atoms with Gasteiger partial charge < -0.3 is 0 Å². The molecule has 0 saturated carbocycles. The van der Waals surface area contributed by atoms with Crippen LogP contribution in [0.4, 0.5) is 0 Å². The summed E-state index contributed by atoms with van der Waals surface area (Å²) in [6, 6.07) is 46.9. The summed E-state index contributed by atoms with van der Waals surface area (Å²) in [6.07, 6.45) is 3.61. The molecule has 0 fully saturated rings. The SMILES string of the molecule is c1ccc(-c2c3ccccc3c(-c3ccc(-n4nc5ccc(-c6ccncc6)cc5n4)cc3)c3ccccc23)cc1. The molecule has 0 N–H and O–H groups in total. The van der Waals surface area contributed by atoms with Crippen molar-refractivity contribution in [2.45, 2.75) is 0 Å². The van der Waals surface area contributed by atoms with Crippen LogP contribution in [0.25, 0.3) is 71.6 Å². The molecule has 0 bridgehead atoms. The van der Waals surface area contributed by atoms with Gasteiger partial charge in [0.25, 0.3) is 0 Å². The lowest BCUT2D eigenvalue weighted by Crippen LogP contribution is -1.98. The highest BCUT2D eigenvalue weighted by Crippen LogP contribution is 2.43. The van der Waals surface area contributed by atoms with Gasteiger partial charge >= 0.3 is 0 Å². The molecule has 0 atom stereocenters. The standard InChI is InChI=1S/C37H24N4/c1-2-8-26(9-3-1)36-30-10-4-6-12-32(30)37(33-13-7-5-11-31(33)36)27-14-17-29(18-15-27)41-39-34-19-16-28(24-35(34)40-41)25-20-22-38-23-21-25/h1-24H. The van der Waals surface area contributed by atoms with Crippen LogP contribution in [0.2, 0.25) is 0 Å². The molecule has 2 heterocycles. The predicted octanol–water partition coefficient (Wildman–Crippen LogP) is 9.12. The van der Waals surface area contributed by atoms with Crippen molar-refractivity contribution in [2.24, 2.45) is 0 Å². The number of hydrogen-bond donors (Lipinski definition) is 0. The summed E-state index contributed by atoms with van der Waals surface area (Å²) >= 11 is 0. The van der Waals surface area contributed by atoms with Crippen LogP contribution in [0, 0.1) is 0 Å². The van der Waals surface area contributed by atoms with E-state index in [2.05, 4.69) is 120 Å². The molecule has 6 aromatic carbocycles. The summed E-state index contributed by atoms with van der Waals surface area (Å²) in [5.74, 6) is 0. The van der Waals surface area contributed by atoms with E-state index < -0.39 is 0 Å².